The Hall–Kier alpha value is -2.21. The molecule has 2 atom stereocenters. The van der Waals surface area contributed by atoms with Gasteiger partial charge in [-0.3, -0.25) is 4.98 Å². The Bertz CT molecular complexity index is 634. The molecule has 1 saturated heterocycles. The van der Waals surface area contributed by atoms with Gasteiger partial charge < -0.3 is 15.4 Å². The van der Waals surface area contributed by atoms with Crippen LogP contribution in [0.15, 0.2) is 36.9 Å². The van der Waals surface area contributed by atoms with E-state index in [-0.39, 0.29) is 6.10 Å². The summed E-state index contributed by atoms with van der Waals surface area (Å²) in [6, 6.07) is 6.20. The highest BCUT2D eigenvalue weighted by Gasteiger charge is 2.28. The molecule has 6 heteroatoms. The number of pyridine rings is 1. The Balaban J connectivity index is 1.62. The third kappa shape index (κ3) is 4.41. The number of anilines is 2. The fourth-order valence-corrected chi connectivity index (χ4v) is 3.03. The number of hydrogen-bond acceptors (Lipinski definition) is 6. The molecule has 2 unspecified atom stereocenters. The van der Waals surface area contributed by atoms with Crippen LogP contribution < -0.4 is 10.6 Å². The highest BCUT2D eigenvalue weighted by Crippen LogP contribution is 2.24. The Kier molecular flexibility index (Phi) is 5.59. The smallest absolute Gasteiger partial charge is 0.131 e. The number of nitrogens with one attached hydrogen (secondary N) is 2. The number of aromatic nitrogens is 3. The number of nitrogens with zero attached hydrogens (tertiary/aromatic N) is 3. The first-order valence-corrected chi connectivity index (χ1v) is 8.55. The fraction of sp³-hybridized carbons (Fsp3) is 0.500. The van der Waals surface area contributed by atoms with E-state index in [4.69, 9.17) is 4.74 Å². The van der Waals surface area contributed by atoms with Crippen LogP contribution in [0.25, 0.3) is 0 Å². The van der Waals surface area contributed by atoms with Gasteiger partial charge >= 0.3 is 0 Å². The summed E-state index contributed by atoms with van der Waals surface area (Å²) in [5, 5.41) is 6.83. The van der Waals surface area contributed by atoms with E-state index in [1.54, 1.807) is 12.5 Å². The molecule has 2 N–H and O–H groups in total. The van der Waals surface area contributed by atoms with Gasteiger partial charge in [-0.2, -0.15) is 0 Å². The molecule has 1 aliphatic heterocycles. The maximum atomic E-state index is 5.93. The molecule has 0 spiro atoms. The van der Waals surface area contributed by atoms with E-state index < -0.39 is 0 Å². The van der Waals surface area contributed by atoms with Crippen molar-refractivity contribution in [3.05, 3.63) is 42.5 Å². The van der Waals surface area contributed by atoms with Gasteiger partial charge in [-0.1, -0.05) is 19.9 Å². The molecule has 0 aromatic carbocycles. The molecule has 24 heavy (non-hydrogen) atoms. The van der Waals surface area contributed by atoms with Gasteiger partial charge in [0.25, 0.3) is 0 Å². The quantitative estimate of drug-likeness (QED) is 0.849. The zero-order valence-corrected chi connectivity index (χ0v) is 14.3. The van der Waals surface area contributed by atoms with Crippen molar-refractivity contribution in [3.63, 3.8) is 0 Å². The number of rotatable bonds is 6. The molecule has 2 aromatic heterocycles. The summed E-state index contributed by atoms with van der Waals surface area (Å²) in [6.45, 7) is 5.94. The van der Waals surface area contributed by atoms with Crippen LogP contribution in [0.4, 0.5) is 11.6 Å². The minimum absolute atomic E-state index is 0.223. The molecular formula is C18H25N5O. The second kappa shape index (κ2) is 8.06. The Morgan fingerprint density at radius 3 is 2.96 bits per heavy atom. The lowest BCUT2D eigenvalue weighted by atomic mass is 9.94. The first-order valence-electron chi connectivity index (χ1n) is 8.55. The van der Waals surface area contributed by atoms with Crippen LogP contribution in [0.5, 0.6) is 0 Å². The molecule has 0 aliphatic carbocycles. The Labute approximate surface area is 143 Å². The molecule has 1 fully saturated rings. The van der Waals surface area contributed by atoms with Gasteiger partial charge in [-0.15, -0.1) is 0 Å². The normalized spacial score (nSPS) is 20.8. The molecule has 0 radical (unpaired) electrons. The fourth-order valence-electron chi connectivity index (χ4n) is 3.03. The summed E-state index contributed by atoms with van der Waals surface area (Å²) < 4.78 is 5.93. The molecular weight excluding hydrogens is 302 g/mol. The Morgan fingerprint density at radius 2 is 2.17 bits per heavy atom. The zero-order valence-electron chi connectivity index (χ0n) is 14.3. The van der Waals surface area contributed by atoms with Gasteiger partial charge in [0.05, 0.1) is 12.1 Å². The zero-order chi connectivity index (χ0) is 16.8. The van der Waals surface area contributed by atoms with Crippen molar-refractivity contribution < 1.29 is 4.74 Å². The maximum absolute atomic E-state index is 5.93. The summed E-state index contributed by atoms with van der Waals surface area (Å²) in [5.41, 5.74) is 1.12. The molecule has 0 amide bonds. The molecule has 0 bridgehead atoms. The van der Waals surface area contributed by atoms with Crippen LogP contribution in [-0.4, -0.2) is 33.7 Å². The standard InChI is InChI=1S/C18H25N5O/c1-13(2)18-15(6-4-8-24-18)23-17-9-16(21-12-22-17)20-11-14-5-3-7-19-10-14/h3,5,7,9-10,12-13,15,18H,4,6,8,11H2,1-2H3,(H2,20,21,22,23). The Morgan fingerprint density at radius 1 is 1.29 bits per heavy atom. The van der Waals surface area contributed by atoms with E-state index in [2.05, 4.69) is 39.4 Å². The second-order valence-corrected chi connectivity index (χ2v) is 6.48. The molecule has 1 aliphatic rings. The van der Waals surface area contributed by atoms with Crippen molar-refractivity contribution in [1.29, 1.82) is 0 Å². The second-order valence-electron chi connectivity index (χ2n) is 6.48. The topological polar surface area (TPSA) is 72.0 Å². The number of ether oxygens (including phenoxy) is 1. The van der Waals surface area contributed by atoms with Gasteiger partial charge in [-0.05, 0) is 30.4 Å². The van der Waals surface area contributed by atoms with Crippen molar-refractivity contribution in [2.45, 2.75) is 45.4 Å². The summed E-state index contributed by atoms with van der Waals surface area (Å²) in [7, 11) is 0. The SMILES string of the molecule is CC(C)C1OCCCC1Nc1cc(NCc2cccnc2)ncn1. The lowest BCUT2D eigenvalue weighted by Gasteiger charge is -2.35. The van der Waals surface area contributed by atoms with Crippen LogP contribution in [-0.2, 0) is 11.3 Å². The molecule has 3 heterocycles. The van der Waals surface area contributed by atoms with E-state index in [9.17, 15) is 0 Å². The van der Waals surface area contributed by atoms with Crippen molar-refractivity contribution in [2.75, 3.05) is 17.2 Å². The highest BCUT2D eigenvalue weighted by molar-refractivity contribution is 5.47. The molecule has 3 rings (SSSR count). The van der Waals surface area contributed by atoms with Gasteiger partial charge in [0.15, 0.2) is 0 Å². The summed E-state index contributed by atoms with van der Waals surface area (Å²) in [4.78, 5) is 12.8. The van der Waals surface area contributed by atoms with Crippen molar-refractivity contribution in [3.8, 4) is 0 Å². The maximum Gasteiger partial charge on any atom is 0.131 e. The van der Waals surface area contributed by atoms with Gasteiger partial charge in [0.1, 0.15) is 18.0 Å². The van der Waals surface area contributed by atoms with E-state index >= 15 is 0 Å². The van der Waals surface area contributed by atoms with Gasteiger partial charge in [0, 0.05) is 31.6 Å². The summed E-state index contributed by atoms with van der Waals surface area (Å²) >= 11 is 0. The molecule has 128 valence electrons. The first-order chi connectivity index (χ1) is 11.7. The van der Waals surface area contributed by atoms with Gasteiger partial charge in [-0.25, -0.2) is 9.97 Å². The predicted molar refractivity (Wildman–Crippen MR) is 94.8 cm³/mol. The molecule has 2 aromatic rings. The minimum Gasteiger partial charge on any atom is -0.376 e. The first kappa shape index (κ1) is 16.6. The van der Waals surface area contributed by atoms with Crippen molar-refractivity contribution in [1.82, 2.24) is 15.0 Å². The monoisotopic (exact) mass is 327 g/mol. The third-order valence-electron chi connectivity index (χ3n) is 4.22. The van der Waals surface area contributed by atoms with E-state index in [1.165, 1.54) is 0 Å². The van der Waals surface area contributed by atoms with Crippen LogP contribution in [0, 0.1) is 5.92 Å². The molecule has 0 saturated carbocycles. The lowest BCUT2D eigenvalue weighted by Crippen LogP contribution is -2.43. The highest BCUT2D eigenvalue weighted by atomic mass is 16.5. The number of hydrogen-bond donors (Lipinski definition) is 2. The van der Waals surface area contributed by atoms with Crippen molar-refractivity contribution >= 4 is 11.6 Å². The predicted octanol–water partition coefficient (Wildman–Crippen LogP) is 3.10. The summed E-state index contributed by atoms with van der Waals surface area (Å²) in [5.74, 6) is 2.11. The minimum atomic E-state index is 0.223. The van der Waals surface area contributed by atoms with Crippen LogP contribution in [0.1, 0.15) is 32.3 Å². The van der Waals surface area contributed by atoms with Crippen LogP contribution >= 0.6 is 0 Å². The van der Waals surface area contributed by atoms with Crippen LogP contribution in [0.2, 0.25) is 0 Å². The van der Waals surface area contributed by atoms with E-state index in [0.717, 1.165) is 36.6 Å². The van der Waals surface area contributed by atoms with E-state index in [1.807, 2.05) is 24.4 Å². The third-order valence-corrected chi connectivity index (χ3v) is 4.22. The van der Waals surface area contributed by atoms with Crippen LogP contribution in [0.3, 0.4) is 0 Å². The molecule has 6 nitrogen and oxygen atoms in total. The van der Waals surface area contributed by atoms with E-state index in [0.29, 0.717) is 18.5 Å². The average molecular weight is 327 g/mol. The van der Waals surface area contributed by atoms with Crippen molar-refractivity contribution in [2.24, 2.45) is 5.92 Å². The lowest BCUT2D eigenvalue weighted by molar-refractivity contribution is -0.0203. The largest absolute Gasteiger partial charge is 0.376 e. The summed E-state index contributed by atoms with van der Waals surface area (Å²) in [6.07, 6.45) is 7.61. The average Bonchev–Trinajstić information content (AvgIpc) is 2.61. The van der Waals surface area contributed by atoms with Gasteiger partial charge in [0.2, 0.25) is 0 Å².